The molecule has 2 aliphatic rings. The first kappa shape index (κ1) is 17.5. The Kier molecular flexibility index (Phi) is 4.10. The van der Waals surface area contributed by atoms with Gasteiger partial charge in [-0.3, -0.25) is 14.4 Å². The van der Waals surface area contributed by atoms with Gasteiger partial charge in [0.2, 0.25) is 5.91 Å². The van der Waals surface area contributed by atoms with Crippen LogP contribution in [0.2, 0.25) is 0 Å². The first-order chi connectivity index (χ1) is 12.9. The second kappa shape index (κ2) is 6.34. The zero-order valence-corrected chi connectivity index (χ0v) is 15.5. The SMILES string of the molecule is Cc1ccc(CC(=O)N2C[C@H]3NC(=O)c4ccccc4C(=O)[C@@]3(C)C2)cc1. The zero-order chi connectivity index (χ0) is 19.2. The molecule has 0 aromatic heterocycles. The topological polar surface area (TPSA) is 66.5 Å². The maximum Gasteiger partial charge on any atom is 0.252 e. The second-order valence-corrected chi connectivity index (χ2v) is 7.75. The number of rotatable bonds is 2. The van der Waals surface area contributed by atoms with Crippen molar-refractivity contribution in [3.8, 4) is 0 Å². The molecule has 1 fully saturated rings. The molecule has 1 saturated heterocycles. The number of hydrogen-bond acceptors (Lipinski definition) is 3. The fourth-order valence-corrected chi connectivity index (χ4v) is 4.03. The summed E-state index contributed by atoms with van der Waals surface area (Å²) in [5.74, 6) is -0.351. The van der Waals surface area contributed by atoms with Crippen LogP contribution < -0.4 is 5.32 Å². The van der Waals surface area contributed by atoms with Gasteiger partial charge in [-0.15, -0.1) is 0 Å². The van der Waals surface area contributed by atoms with E-state index in [0.29, 0.717) is 30.6 Å². The molecule has 0 spiro atoms. The molecule has 2 atom stereocenters. The largest absolute Gasteiger partial charge is 0.346 e. The van der Waals surface area contributed by atoms with Crippen LogP contribution in [0, 0.1) is 12.3 Å². The molecular weight excluding hydrogens is 340 g/mol. The van der Waals surface area contributed by atoms with Gasteiger partial charge in [0.25, 0.3) is 5.91 Å². The Morgan fingerprint density at radius 1 is 1.11 bits per heavy atom. The normalized spacial score (nSPS) is 24.1. The van der Waals surface area contributed by atoms with Crippen LogP contribution in [0.5, 0.6) is 0 Å². The molecule has 138 valence electrons. The van der Waals surface area contributed by atoms with E-state index in [9.17, 15) is 14.4 Å². The lowest BCUT2D eigenvalue weighted by Crippen LogP contribution is -2.47. The van der Waals surface area contributed by atoms with Crippen molar-refractivity contribution in [1.29, 1.82) is 0 Å². The fraction of sp³-hybridized carbons (Fsp3) is 0.318. The molecular formula is C22H22N2O3. The summed E-state index contributed by atoms with van der Waals surface area (Å²) in [5, 5.41) is 2.97. The number of nitrogens with zero attached hydrogens (tertiary/aromatic N) is 1. The highest BCUT2D eigenvalue weighted by Gasteiger charge is 2.52. The van der Waals surface area contributed by atoms with E-state index >= 15 is 0 Å². The van der Waals surface area contributed by atoms with Crippen LogP contribution in [0.15, 0.2) is 48.5 Å². The van der Waals surface area contributed by atoms with E-state index in [1.165, 1.54) is 0 Å². The number of fused-ring (bicyclic) bond motifs is 2. The van der Waals surface area contributed by atoms with Gasteiger partial charge in [0.1, 0.15) is 0 Å². The molecule has 0 unspecified atom stereocenters. The fourth-order valence-electron chi connectivity index (χ4n) is 4.03. The molecule has 5 heteroatoms. The summed E-state index contributed by atoms with van der Waals surface area (Å²) >= 11 is 0. The number of hydrogen-bond donors (Lipinski definition) is 1. The second-order valence-electron chi connectivity index (χ2n) is 7.75. The van der Waals surface area contributed by atoms with Gasteiger partial charge in [-0.1, -0.05) is 48.0 Å². The highest BCUT2D eigenvalue weighted by Crippen LogP contribution is 2.37. The summed E-state index contributed by atoms with van der Waals surface area (Å²) in [5.41, 5.74) is 2.13. The van der Waals surface area contributed by atoms with E-state index in [4.69, 9.17) is 0 Å². The lowest BCUT2D eigenvalue weighted by Gasteiger charge is -2.26. The Bertz CT molecular complexity index is 935. The van der Waals surface area contributed by atoms with Crippen molar-refractivity contribution >= 4 is 17.6 Å². The summed E-state index contributed by atoms with van der Waals surface area (Å²) in [4.78, 5) is 40.3. The van der Waals surface area contributed by atoms with Gasteiger partial charge in [-0.05, 0) is 25.5 Å². The average Bonchev–Trinajstić information content (AvgIpc) is 2.97. The van der Waals surface area contributed by atoms with E-state index in [-0.39, 0.29) is 23.6 Å². The first-order valence-corrected chi connectivity index (χ1v) is 9.16. The minimum absolute atomic E-state index is 0.0246. The van der Waals surface area contributed by atoms with Crippen LogP contribution in [0.25, 0.3) is 0 Å². The number of benzene rings is 2. The Morgan fingerprint density at radius 3 is 2.48 bits per heavy atom. The lowest BCUT2D eigenvalue weighted by atomic mass is 9.78. The number of likely N-dealkylation sites (tertiary alicyclic amines) is 1. The quantitative estimate of drug-likeness (QED) is 0.892. The summed E-state index contributed by atoms with van der Waals surface area (Å²) in [6, 6.07) is 14.4. The van der Waals surface area contributed by atoms with E-state index in [1.807, 2.05) is 38.1 Å². The highest BCUT2D eigenvalue weighted by atomic mass is 16.2. The van der Waals surface area contributed by atoms with E-state index in [0.717, 1.165) is 11.1 Å². The molecule has 4 rings (SSSR count). The number of ketones is 1. The first-order valence-electron chi connectivity index (χ1n) is 9.16. The van der Waals surface area contributed by atoms with Crippen molar-refractivity contribution < 1.29 is 14.4 Å². The van der Waals surface area contributed by atoms with Crippen molar-refractivity contribution in [2.75, 3.05) is 13.1 Å². The van der Waals surface area contributed by atoms with E-state index < -0.39 is 5.41 Å². The third kappa shape index (κ3) is 2.93. The predicted octanol–water partition coefficient (Wildman–Crippen LogP) is 2.38. The Labute approximate surface area is 158 Å². The van der Waals surface area contributed by atoms with Gasteiger partial charge >= 0.3 is 0 Å². The zero-order valence-electron chi connectivity index (χ0n) is 15.5. The van der Waals surface area contributed by atoms with Crippen LogP contribution in [-0.2, 0) is 11.2 Å². The van der Waals surface area contributed by atoms with E-state index in [2.05, 4.69) is 5.32 Å². The number of Topliss-reactive ketones (excluding diaryl/α,β-unsaturated/α-hetero) is 1. The molecule has 0 saturated carbocycles. The standard InChI is InChI=1S/C22H22N2O3/c1-14-7-9-15(10-8-14)11-19(25)24-12-18-22(2,13-24)20(26)16-5-3-4-6-17(16)21(27)23-18/h3-10,18H,11-13H2,1-2H3,(H,23,27)/t18-,22+/m1/s1. The summed E-state index contributed by atoms with van der Waals surface area (Å²) in [7, 11) is 0. The summed E-state index contributed by atoms with van der Waals surface area (Å²) in [6.07, 6.45) is 0.293. The molecule has 2 heterocycles. The van der Waals surface area contributed by atoms with Crippen molar-refractivity contribution in [3.05, 3.63) is 70.8 Å². The summed E-state index contributed by atoms with van der Waals surface area (Å²) in [6.45, 7) is 4.52. The average molecular weight is 362 g/mol. The smallest absolute Gasteiger partial charge is 0.252 e. The molecule has 0 radical (unpaired) electrons. The maximum atomic E-state index is 13.2. The number of nitrogens with one attached hydrogen (secondary N) is 1. The van der Waals surface area contributed by atoms with Crippen LogP contribution in [0.4, 0.5) is 0 Å². The summed E-state index contributed by atoms with van der Waals surface area (Å²) < 4.78 is 0. The molecule has 0 aliphatic carbocycles. The van der Waals surface area contributed by atoms with Crippen LogP contribution in [0.3, 0.4) is 0 Å². The van der Waals surface area contributed by atoms with Crippen LogP contribution in [-0.4, -0.2) is 41.6 Å². The van der Waals surface area contributed by atoms with Crippen molar-refractivity contribution in [2.24, 2.45) is 5.41 Å². The lowest BCUT2D eigenvalue weighted by molar-refractivity contribution is -0.129. The van der Waals surface area contributed by atoms with E-state index in [1.54, 1.807) is 29.2 Å². The van der Waals surface area contributed by atoms with Gasteiger partial charge < -0.3 is 10.2 Å². The highest BCUT2D eigenvalue weighted by molar-refractivity contribution is 6.12. The van der Waals surface area contributed by atoms with Gasteiger partial charge in [-0.25, -0.2) is 0 Å². The number of aryl methyl sites for hydroxylation is 1. The number of carbonyl (C=O) groups is 3. The third-order valence-electron chi connectivity index (χ3n) is 5.76. The van der Waals surface area contributed by atoms with Crippen molar-refractivity contribution in [3.63, 3.8) is 0 Å². The predicted molar refractivity (Wildman–Crippen MR) is 102 cm³/mol. The molecule has 2 aromatic rings. The Hall–Kier alpha value is -2.95. The number of carbonyl (C=O) groups excluding carboxylic acids is 3. The Balaban J connectivity index is 1.58. The number of amides is 2. The molecule has 27 heavy (non-hydrogen) atoms. The van der Waals surface area contributed by atoms with Gasteiger partial charge in [-0.2, -0.15) is 0 Å². The molecule has 5 nitrogen and oxygen atoms in total. The minimum atomic E-state index is -0.814. The Morgan fingerprint density at radius 2 is 1.78 bits per heavy atom. The van der Waals surface area contributed by atoms with Crippen molar-refractivity contribution in [2.45, 2.75) is 26.3 Å². The molecule has 2 aromatic carbocycles. The third-order valence-corrected chi connectivity index (χ3v) is 5.76. The van der Waals surface area contributed by atoms with Gasteiger partial charge in [0.15, 0.2) is 5.78 Å². The van der Waals surface area contributed by atoms with Crippen LogP contribution in [0.1, 0.15) is 38.8 Å². The molecule has 1 N–H and O–H groups in total. The van der Waals surface area contributed by atoms with Gasteiger partial charge in [0.05, 0.1) is 23.4 Å². The molecule has 2 amide bonds. The maximum absolute atomic E-state index is 13.2. The van der Waals surface area contributed by atoms with Crippen LogP contribution >= 0.6 is 0 Å². The van der Waals surface area contributed by atoms with Gasteiger partial charge in [0, 0.05) is 18.7 Å². The molecule has 2 aliphatic heterocycles. The molecule has 0 bridgehead atoms. The monoisotopic (exact) mass is 362 g/mol. The van der Waals surface area contributed by atoms with Crippen molar-refractivity contribution in [1.82, 2.24) is 10.2 Å². The minimum Gasteiger partial charge on any atom is -0.346 e.